The number of benzene rings is 1. The smallest absolute Gasteiger partial charge is 0.289 e. The number of carbonyl (C=O) groups is 1. The second kappa shape index (κ2) is 4.08. The van der Waals surface area contributed by atoms with E-state index < -0.39 is 0 Å². The van der Waals surface area contributed by atoms with Crippen LogP contribution in [0.15, 0.2) is 23.1 Å². The summed E-state index contributed by atoms with van der Waals surface area (Å²) in [5, 5.41) is 13.7. The lowest BCUT2D eigenvalue weighted by Gasteiger charge is -2.05. The van der Waals surface area contributed by atoms with Crippen LogP contribution in [-0.4, -0.2) is 16.1 Å². The normalized spacial score (nSPS) is 21.9. The molecule has 0 atom stereocenters. The molecule has 1 saturated heterocycles. The zero-order chi connectivity index (χ0) is 12.9. The van der Waals surface area contributed by atoms with Gasteiger partial charge in [-0.25, -0.2) is 0 Å². The highest BCUT2D eigenvalue weighted by atomic mass is 35.5. The van der Waals surface area contributed by atoms with Gasteiger partial charge < -0.3 is 10.6 Å². The van der Waals surface area contributed by atoms with Gasteiger partial charge in [0.05, 0.1) is 15.6 Å². The number of thioether (sulfide) groups is 1. The van der Waals surface area contributed by atoms with Gasteiger partial charge in [-0.15, -0.1) is 0 Å². The number of rotatable bonds is 0. The molecule has 1 aromatic carbocycles. The highest BCUT2D eigenvalue weighted by molar-refractivity contribution is 8.19. The van der Waals surface area contributed by atoms with E-state index in [0.717, 1.165) is 17.3 Å². The van der Waals surface area contributed by atoms with Gasteiger partial charge in [-0.3, -0.25) is 10.2 Å². The van der Waals surface area contributed by atoms with Crippen molar-refractivity contribution in [1.29, 1.82) is 5.41 Å². The molecule has 1 aromatic rings. The van der Waals surface area contributed by atoms with Gasteiger partial charge in [0.1, 0.15) is 10.8 Å². The van der Waals surface area contributed by atoms with Crippen LogP contribution >= 0.6 is 35.6 Å². The van der Waals surface area contributed by atoms with Gasteiger partial charge in [-0.05, 0) is 17.8 Å². The zero-order valence-electron chi connectivity index (χ0n) is 8.83. The number of hydrogen-bond acceptors (Lipinski definition) is 4. The molecular weight excluding hydrogens is 290 g/mol. The first-order valence-electron chi connectivity index (χ1n) is 5.00. The molecule has 2 aliphatic rings. The number of nitrogens with one attached hydrogen (secondary N) is 3. The summed E-state index contributed by atoms with van der Waals surface area (Å²) in [6, 6.07) is 5.34. The quantitative estimate of drug-likeness (QED) is 0.509. The van der Waals surface area contributed by atoms with E-state index in [1.807, 2.05) is 6.07 Å². The summed E-state index contributed by atoms with van der Waals surface area (Å²) in [4.78, 5) is 12.3. The van der Waals surface area contributed by atoms with Gasteiger partial charge in [0.15, 0.2) is 0 Å². The first-order valence-corrected chi connectivity index (χ1v) is 6.60. The molecule has 0 aromatic heterocycles. The molecule has 90 valence electrons. The second-order valence-corrected chi connectivity index (χ2v) is 5.51. The van der Waals surface area contributed by atoms with E-state index in [0.29, 0.717) is 26.2 Å². The SMILES string of the molecule is N=C1NC(=C2SC(=O)NC2=S)c2c(Cl)cccc21. The summed E-state index contributed by atoms with van der Waals surface area (Å²) in [7, 11) is 0. The Morgan fingerprint density at radius 3 is 2.78 bits per heavy atom. The van der Waals surface area contributed by atoms with E-state index >= 15 is 0 Å². The fourth-order valence-electron chi connectivity index (χ4n) is 1.89. The van der Waals surface area contributed by atoms with Crippen molar-refractivity contribution < 1.29 is 4.79 Å². The third kappa shape index (κ3) is 1.65. The topological polar surface area (TPSA) is 65.0 Å². The van der Waals surface area contributed by atoms with E-state index in [9.17, 15) is 4.79 Å². The maximum absolute atomic E-state index is 11.3. The Bertz CT molecular complexity index is 654. The van der Waals surface area contributed by atoms with Crippen molar-refractivity contribution in [2.45, 2.75) is 0 Å². The second-order valence-electron chi connectivity index (χ2n) is 3.71. The van der Waals surface area contributed by atoms with E-state index in [1.165, 1.54) is 0 Å². The average Bonchev–Trinajstić information content (AvgIpc) is 2.81. The molecule has 3 N–H and O–H groups in total. The lowest BCUT2D eigenvalue weighted by molar-refractivity contribution is 0.265. The minimum Gasteiger partial charge on any atom is -0.339 e. The van der Waals surface area contributed by atoms with Crippen molar-refractivity contribution in [3.05, 3.63) is 39.3 Å². The molecule has 0 spiro atoms. The van der Waals surface area contributed by atoms with Crippen molar-refractivity contribution in [1.82, 2.24) is 10.6 Å². The van der Waals surface area contributed by atoms with Crippen molar-refractivity contribution >= 4 is 57.3 Å². The molecular formula is C11H6ClN3OS2. The fourth-order valence-corrected chi connectivity index (χ4v) is 3.28. The Labute approximate surface area is 117 Å². The maximum atomic E-state index is 11.3. The number of amides is 1. The molecule has 0 aliphatic carbocycles. The predicted molar refractivity (Wildman–Crippen MR) is 77.1 cm³/mol. The number of fused-ring (bicyclic) bond motifs is 1. The molecule has 0 saturated carbocycles. The minimum atomic E-state index is -0.212. The minimum absolute atomic E-state index is 0.212. The summed E-state index contributed by atoms with van der Waals surface area (Å²) >= 11 is 12.3. The number of hydrogen-bond donors (Lipinski definition) is 3. The standard InChI is InChI=1S/C11H6ClN3OS2/c12-5-3-1-2-4-6(5)7(14-9(4)13)8-10(17)15-11(16)18-8/h1-3H,(H2,13,14)(H,15,16,17). The summed E-state index contributed by atoms with van der Waals surface area (Å²) in [5.74, 6) is 0.262. The summed E-state index contributed by atoms with van der Waals surface area (Å²) in [6.45, 7) is 0. The Morgan fingerprint density at radius 2 is 2.11 bits per heavy atom. The van der Waals surface area contributed by atoms with Crippen molar-refractivity contribution in [2.24, 2.45) is 0 Å². The lowest BCUT2D eigenvalue weighted by Crippen LogP contribution is -2.18. The van der Waals surface area contributed by atoms with Crippen LogP contribution in [-0.2, 0) is 0 Å². The van der Waals surface area contributed by atoms with Crippen LogP contribution in [0, 0.1) is 5.41 Å². The third-order valence-corrected chi connectivity index (χ3v) is 4.28. The Morgan fingerprint density at radius 1 is 1.33 bits per heavy atom. The van der Waals surface area contributed by atoms with Crippen LogP contribution in [0.5, 0.6) is 0 Å². The Hall–Kier alpha value is -1.37. The van der Waals surface area contributed by atoms with Gasteiger partial charge in [-0.2, -0.15) is 0 Å². The third-order valence-electron chi connectivity index (χ3n) is 2.63. The molecule has 3 rings (SSSR count). The zero-order valence-corrected chi connectivity index (χ0v) is 11.2. The first-order chi connectivity index (χ1) is 8.58. The van der Waals surface area contributed by atoms with Crippen LogP contribution in [0.3, 0.4) is 0 Å². The van der Waals surface area contributed by atoms with E-state index in [-0.39, 0.29) is 11.1 Å². The van der Waals surface area contributed by atoms with Crippen molar-refractivity contribution in [2.75, 3.05) is 0 Å². The molecule has 4 nitrogen and oxygen atoms in total. The number of amidine groups is 1. The van der Waals surface area contributed by atoms with Gasteiger partial charge in [-0.1, -0.05) is 36.0 Å². The van der Waals surface area contributed by atoms with Crippen molar-refractivity contribution in [3.8, 4) is 0 Å². The molecule has 0 bridgehead atoms. The van der Waals surface area contributed by atoms with E-state index in [4.69, 9.17) is 29.2 Å². The monoisotopic (exact) mass is 295 g/mol. The fraction of sp³-hybridized carbons (Fsp3) is 0. The van der Waals surface area contributed by atoms with Crippen LogP contribution in [0.4, 0.5) is 4.79 Å². The molecule has 2 heterocycles. The molecule has 0 radical (unpaired) electrons. The summed E-state index contributed by atoms with van der Waals surface area (Å²) < 4.78 is 0. The lowest BCUT2D eigenvalue weighted by atomic mass is 10.1. The summed E-state index contributed by atoms with van der Waals surface area (Å²) in [5.41, 5.74) is 2.08. The van der Waals surface area contributed by atoms with Crippen LogP contribution in [0.25, 0.3) is 5.70 Å². The summed E-state index contributed by atoms with van der Waals surface area (Å²) in [6.07, 6.45) is 0. The van der Waals surface area contributed by atoms with E-state index in [1.54, 1.807) is 12.1 Å². The molecule has 0 unspecified atom stereocenters. The Balaban J connectivity index is 2.25. The van der Waals surface area contributed by atoms with Crippen molar-refractivity contribution in [3.63, 3.8) is 0 Å². The van der Waals surface area contributed by atoms with Crippen LogP contribution < -0.4 is 10.6 Å². The van der Waals surface area contributed by atoms with Gasteiger partial charge in [0.2, 0.25) is 0 Å². The average molecular weight is 296 g/mol. The van der Waals surface area contributed by atoms with Gasteiger partial charge in [0.25, 0.3) is 5.24 Å². The molecule has 1 fully saturated rings. The van der Waals surface area contributed by atoms with Crippen LogP contribution in [0.2, 0.25) is 5.02 Å². The number of carbonyl (C=O) groups excluding carboxylic acids is 1. The Kier molecular flexibility index (Phi) is 2.65. The van der Waals surface area contributed by atoms with Gasteiger partial charge >= 0.3 is 0 Å². The van der Waals surface area contributed by atoms with Crippen LogP contribution in [0.1, 0.15) is 11.1 Å². The van der Waals surface area contributed by atoms with E-state index in [2.05, 4.69) is 10.6 Å². The molecule has 7 heteroatoms. The highest BCUT2D eigenvalue weighted by Crippen LogP contribution is 2.38. The molecule has 18 heavy (non-hydrogen) atoms. The largest absolute Gasteiger partial charge is 0.339 e. The molecule has 2 aliphatic heterocycles. The molecule has 1 amide bonds. The predicted octanol–water partition coefficient (Wildman–Crippen LogP) is 2.72. The maximum Gasteiger partial charge on any atom is 0.289 e. The number of halogens is 1. The number of thiocarbonyl (C=S) groups is 1. The van der Waals surface area contributed by atoms with Gasteiger partial charge in [0, 0.05) is 11.1 Å². The highest BCUT2D eigenvalue weighted by Gasteiger charge is 2.32. The first kappa shape index (κ1) is 11.7.